The smallest absolute Gasteiger partial charge is 0.410 e. The second-order valence-electron chi connectivity index (χ2n) is 19.1. The SMILES string of the molecule is CC(C)(C)OC(=O)N1CCN(c2nc(NCCOCCOCCOCCOCCOCCOCCc3cc(Cl)cc(NC(=O)NCc4ccc5c(c4)CN(C4CCC(=O)NC4=O)C5=O)c3)nc3c(F)c(Br)c(Cl)cc23)CC1. The lowest BCUT2D eigenvalue weighted by Gasteiger charge is -2.36. The number of nitrogens with one attached hydrogen (secondary N) is 4. The van der Waals surface area contributed by atoms with Gasteiger partial charge in [0.2, 0.25) is 17.8 Å². The summed E-state index contributed by atoms with van der Waals surface area (Å²) in [5, 5.41) is 12.2. The van der Waals surface area contributed by atoms with Crippen LogP contribution in [0.4, 0.5) is 31.4 Å². The molecule has 1 atom stereocenters. The number of imide groups is 1. The molecule has 4 N–H and O–H groups in total. The van der Waals surface area contributed by atoms with Gasteiger partial charge < -0.3 is 63.8 Å². The fourth-order valence-corrected chi connectivity index (χ4v) is 9.25. The van der Waals surface area contributed by atoms with Crippen molar-refractivity contribution >= 4 is 97.3 Å². The topological polar surface area (TPSA) is 234 Å². The second-order valence-corrected chi connectivity index (χ2v) is 20.7. The number of hydrogen-bond acceptors (Lipinski definition) is 16. The zero-order valence-electron chi connectivity index (χ0n) is 43.3. The van der Waals surface area contributed by atoms with Crippen LogP contribution in [0.3, 0.4) is 0 Å². The highest BCUT2D eigenvalue weighted by Gasteiger charge is 2.39. The molecule has 0 radical (unpaired) electrons. The molecular weight excluding hydrogens is 1110 g/mol. The van der Waals surface area contributed by atoms with E-state index in [4.69, 9.17) is 61.3 Å². The molecule has 3 aliphatic heterocycles. The summed E-state index contributed by atoms with van der Waals surface area (Å²) >= 11 is 15.9. The molecule has 2 saturated heterocycles. The van der Waals surface area contributed by atoms with Crippen molar-refractivity contribution in [1.29, 1.82) is 0 Å². The number of piperazine rings is 1. The van der Waals surface area contributed by atoms with Gasteiger partial charge in [0.05, 0.1) is 88.8 Å². The molecule has 25 heteroatoms. The number of ether oxygens (including phenoxy) is 7. The Balaban J connectivity index is 0.670. The van der Waals surface area contributed by atoms with E-state index in [9.17, 15) is 24.0 Å². The van der Waals surface area contributed by atoms with Crippen molar-refractivity contribution < 1.29 is 61.5 Å². The number of hydrogen-bond donors (Lipinski definition) is 4. The van der Waals surface area contributed by atoms with Crippen molar-refractivity contribution in [2.24, 2.45) is 0 Å². The first kappa shape index (κ1) is 59.2. The van der Waals surface area contributed by atoms with E-state index in [-0.39, 0.29) is 64.8 Å². The van der Waals surface area contributed by atoms with Gasteiger partial charge in [0.1, 0.15) is 23.0 Å². The van der Waals surface area contributed by atoms with Crippen LogP contribution in [0.25, 0.3) is 10.9 Å². The van der Waals surface area contributed by atoms with Crippen LogP contribution in [-0.2, 0) is 62.3 Å². The van der Waals surface area contributed by atoms with E-state index in [0.717, 1.165) is 16.7 Å². The lowest BCUT2D eigenvalue weighted by atomic mass is 10.0. The number of nitrogens with zero attached hydrogens (tertiary/aromatic N) is 5. The highest BCUT2D eigenvalue weighted by Crippen LogP contribution is 2.36. The molecular formula is C52H65BrCl2FN9O12. The van der Waals surface area contributed by atoms with Crippen LogP contribution >= 0.6 is 39.1 Å². The number of urea groups is 1. The van der Waals surface area contributed by atoms with E-state index < -0.39 is 29.4 Å². The third-order valence-electron chi connectivity index (χ3n) is 12.2. The Morgan fingerprint density at radius 2 is 1.44 bits per heavy atom. The van der Waals surface area contributed by atoms with E-state index in [1.807, 2.05) is 43.9 Å². The number of halogens is 4. The van der Waals surface area contributed by atoms with E-state index in [2.05, 4.69) is 42.2 Å². The van der Waals surface area contributed by atoms with Gasteiger partial charge in [-0.05, 0) is 96.6 Å². The Hall–Kier alpha value is -5.50. The van der Waals surface area contributed by atoms with Gasteiger partial charge >= 0.3 is 12.1 Å². The van der Waals surface area contributed by atoms with E-state index in [1.165, 1.54) is 4.90 Å². The summed E-state index contributed by atoms with van der Waals surface area (Å²) in [5.74, 6) is -0.923. The van der Waals surface area contributed by atoms with E-state index >= 15 is 4.39 Å². The molecule has 0 aliphatic carbocycles. The van der Waals surface area contributed by atoms with E-state index in [0.29, 0.717) is 146 Å². The maximum atomic E-state index is 15.4. The molecule has 1 unspecified atom stereocenters. The molecule has 418 valence electrons. The summed E-state index contributed by atoms with van der Waals surface area (Å²) in [4.78, 5) is 76.6. The molecule has 3 aliphatic rings. The standard InChI is InChI=1S/C52H65BrCl2FN9O12/c1-52(2,3)77-51(70)64-12-10-63(11-13-64)46-39-30-40(55)43(53)44(56)45(39)61-49(62-46)57-9-15-72-17-19-74-21-23-76-25-24-75-22-20-73-18-16-71-14-8-33-27-36(54)29-37(28-33)59-50(69)58-31-34-4-5-38-35(26-34)32-65(48(38)68)41-6-7-42(66)60-47(41)67/h4-5,26-30,41H,6-25,31-32H2,1-3H3,(H,57,61,62)(H2,58,59,69)(H,60,66,67). The van der Waals surface area contributed by atoms with Crippen LogP contribution in [0.15, 0.2) is 46.9 Å². The van der Waals surface area contributed by atoms with Gasteiger partial charge in [-0.2, -0.15) is 4.98 Å². The van der Waals surface area contributed by atoms with E-state index in [1.54, 1.807) is 29.2 Å². The lowest BCUT2D eigenvalue weighted by Crippen LogP contribution is -2.52. The number of aromatic nitrogens is 2. The van der Waals surface area contributed by atoms with Gasteiger partial charge in [-0.25, -0.2) is 19.0 Å². The molecule has 7 rings (SSSR count). The van der Waals surface area contributed by atoms with Crippen molar-refractivity contribution in [1.82, 2.24) is 30.4 Å². The summed E-state index contributed by atoms with van der Waals surface area (Å²) < 4.78 is 54.9. The molecule has 0 spiro atoms. The molecule has 77 heavy (non-hydrogen) atoms. The van der Waals surface area contributed by atoms with Gasteiger partial charge in [-0.1, -0.05) is 35.3 Å². The summed E-state index contributed by atoms with van der Waals surface area (Å²) in [6, 6.07) is 11.1. The van der Waals surface area contributed by atoms with Crippen LogP contribution in [-0.4, -0.2) is 173 Å². The van der Waals surface area contributed by atoms with Crippen LogP contribution < -0.4 is 26.2 Å². The molecule has 3 aromatic carbocycles. The van der Waals surface area contributed by atoms with Gasteiger partial charge in [-0.15, -0.1) is 0 Å². The Kier molecular flexibility index (Phi) is 22.2. The van der Waals surface area contributed by atoms with Crippen LogP contribution in [0.1, 0.15) is 60.7 Å². The molecule has 4 heterocycles. The first-order valence-electron chi connectivity index (χ1n) is 25.4. The molecule has 4 aromatic rings. The monoisotopic (exact) mass is 1180 g/mol. The van der Waals surface area contributed by atoms with Gasteiger partial charge in [0, 0.05) is 73.9 Å². The minimum Gasteiger partial charge on any atom is -0.444 e. The zero-order chi connectivity index (χ0) is 54.9. The average Bonchev–Trinajstić information content (AvgIpc) is 3.72. The van der Waals surface area contributed by atoms with Crippen molar-refractivity contribution in [3.05, 3.63) is 85.1 Å². The molecule has 6 amide bonds. The number of carbonyl (C=O) groups is 5. The zero-order valence-corrected chi connectivity index (χ0v) is 46.4. The Morgan fingerprint density at radius 1 is 0.805 bits per heavy atom. The molecule has 1 aromatic heterocycles. The lowest BCUT2D eigenvalue weighted by molar-refractivity contribution is -0.136. The normalized spacial score (nSPS) is 15.8. The largest absolute Gasteiger partial charge is 0.444 e. The first-order valence-corrected chi connectivity index (χ1v) is 27.0. The Bertz CT molecular complexity index is 2720. The Labute approximate surface area is 464 Å². The third-order valence-corrected chi connectivity index (χ3v) is 13.7. The summed E-state index contributed by atoms with van der Waals surface area (Å²) in [5.41, 5.74) is 2.94. The number of anilines is 3. The Morgan fingerprint density at radius 3 is 2.08 bits per heavy atom. The average molecular weight is 1180 g/mol. The minimum absolute atomic E-state index is 0.110. The van der Waals surface area contributed by atoms with Crippen LogP contribution in [0.5, 0.6) is 0 Å². The van der Waals surface area contributed by atoms with Gasteiger partial charge in [0.15, 0.2) is 5.82 Å². The van der Waals surface area contributed by atoms with Crippen molar-refractivity contribution in [2.75, 3.05) is 128 Å². The fourth-order valence-electron chi connectivity index (χ4n) is 8.49. The number of carbonyl (C=O) groups excluding carboxylic acids is 5. The third kappa shape index (κ3) is 17.8. The summed E-state index contributed by atoms with van der Waals surface area (Å²) in [6.45, 7) is 12.7. The molecule has 21 nitrogen and oxygen atoms in total. The fraction of sp³-hybridized carbons (Fsp3) is 0.519. The van der Waals surface area contributed by atoms with Crippen molar-refractivity contribution in [2.45, 2.75) is 64.8 Å². The van der Waals surface area contributed by atoms with Crippen LogP contribution in [0.2, 0.25) is 10.0 Å². The maximum absolute atomic E-state index is 15.4. The van der Waals surface area contributed by atoms with Crippen LogP contribution in [0, 0.1) is 5.82 Å². The molecule has 0 saturated carbocycles. The molecule has 0 bridgehead atoms. The number of benzene rings is 3. The highest BCUT2D eigenvalue weighted by molar-refractivity contribution is 9.10. The summed E-state index contributed by atoms with van der Waals surface area (Å²) in [6.07, 6.45) is 0.648. The first-order chi connectivity index (χ1) is 37.0. The second kappa shape index (κ2) is 28.9. The number of amides is 6. The van der Waals surface area contributed by atoms with Gasteiger partial charge in [0.25, 0.3) is 5.91 Å². The minimum atomic E-state index is -0.696. The molecule has 2 fully saturated rings. The van der Waals surface area contributed by atoms with Gasteiger partial charge in [-0.3, -0.25) is 19.7 Å². The quantitative estimate of drug-likeness (QED) is 0.0275. The highest BCUT2D eigenvalue weighted by atomic mass is 79.9. The predicted molar refractivity (Wildman–Crippen MR) is 289 cm³/mol. The summed E-state index contributed by atoms with van der Waals surface area (Å²) in [7, 11) is 0. The number of rotatable bonds is 27. The maximum Gasteiger partial charge on any atom is 0.410 e. The van der Waals surface area contributed by atoms with Crippen molar-refractivity contribution in [3.8, 4) is 0 Å². The number of fused-ring (bicyclic) bond motifs is 2. The number of piperidine rings is 1. The predicted octanol–water partition coefficient (Wildman–Crippen LogP) is 6.73. The van der Waals surface area contributed by atoms with Crippen molar-refractivity contribution in [3.63, 3.8) is 0 Å².